The van der Waals surface area contributed by atoms with E-state index in [-0.39, 0.29) is 6.04 Å². The van der Waals surface area contributed by atoms with E-state index in [0.717, 1.165) is 32.0 Å². The lowest BCUT2D eigenvalue weighted by molar-refractivity contribution is 0.308. The van der Waals surface area contributed by atoms with E-state index in [2.05, 4.69) is 29.2 Å². The molecule has 108 valence electrons. The third-order valence-electron chi connectivity index (χ3n) is 3.43. The fourth-order valence-corrected chi connectivity index (χ4v) is 3.10. The van der Waals surface area contributed by atoms with Gasteiger partial charge in [0.25, 0.3) is 0 Å². The molecule has 0 aliphatic carbocycles. The normalized spacial score (nSPS) is 12.5. The number of fused-ring (bicyclic) bond motifs is 1. The summed E-state index contributed by atoms with van der Waals surface area (Å²) in [4.78, 5) is 5.38. The van der Waals surface area contributed by atoms with E-state index < -0.39 is 0 Å². The van der Waals surface area contributed by atoms with Crippen LogP contribution in [0.3, 0.4) is 0 Å². The SMILES string of the molecule is Cc1ncc(COc2c(C(C)N)ccc3ccccc23)s1. The first-order valence-electron chi connectivity index (χ1n) is 6.96. The molecule has 3 aromatic rings. The van der Waals surface area contributed by atoms with Crippen LogP contribution >= 0.6 is 11.3 Å². The first kappa shape index (κ1) is 14.0. The number of aromatic nitrogens is 1. The summed E-state index contributed by atoms with van der Waals surface area (Å²) in [5.41, 5.74) is 7.13. The van der Waals surface area contributed by atoms with Gasteiger partial charge in [0.2, 0.25) is 0 Å². The number of nitrogens with zero attached hydrogens (tertiary/aromatic N) is 1. The number of thiazole rings is 1. The molecular weight excluding hydrogens is 280 g/mol. The molecule has 4 heteroatoms. The largest absolute Gasteiger partial charge is 0.487 e. The van der Waals surface area contributed by atoms with E-state index in [9.17, 15) is 0 Å². The number of hydrogen-bond acceptors (Lipinski definition) is 4. The third kappa shape index (κ3) is 2.91. The van der Waals surface area contributed by atoms with Gasteiger partial charge in [-0.25, -0.2) is 4.98 Å². The van der Waals surface area contributed by atoms with Crippen LogP contribution in [0.25, 0.3) is 10.8 Å². The predicted molar refractivity (Wildman–Crippen MR) is 87.7 cm³/mol. The average Bonchev–Trinajstić information content (AvgIpc) is 2.90. The lowest BCUT2D eigenvalue weighted by atomic mass is 10.0. The first-order chi connectivity index (χ1) is 10.1. The molecule has 0 bridgehead atoms. The van der Waals surface area contributed by atoms with E-state index in [4.69, 9.17) is 10.5 Å². The van der Waals surface area contributed by atoms with E-state index in [1.807, 2.05) is 32.2 Å². The van der Waals surface area contributed by atoms with Crippen LogP contribution in [0.5, 0.6) is 5.75 Å². The quantitative estimate of drug-likeness (QED) is 0.785. The molecule has 2 N–H and O–H groups in total. The van der Waals surface area contributed by atoms with Crippen LogP contribution in [-0.4, -0.2) is 4.98 Å². The summed E-state index contributed by atoms with van der Waals surface area (Å²) in [5.74, 6) is 0.883. The molecule has 0 aliphatic heterocycles. The van der Waals surface area contributed by atoms with Crippen molar-refractivity contribution < 1.29 is 4.74 Å². The molecule has 1 aromatic heterocycles. The van der Waals surface area contributed by atoms with Crippen molar-refractivity contribution in [2.24, 2.45) is 5.73 Å². The Morgan fingerprint density at radius 3 is 2.76 bits per heavy atom. The van der Waals surface area contributed by atoms with Crippen LogP contribution in [0, 0.1) is 6.92 Å². The predicted octanol–water partition coefficient (Wildman–Crippen LogP) is 4.20. The maximum Gasteiger partial charge on any atom is 0.132 e. The Morgan fingerprint density at radius 2 is 2.05 bits per heavy atom. The Hall–Kier alpha value is -1.91. The molecule has 21 heavy (non-hydrogen) atoms. The smallest absolute Gasteiger partial charge is 0.132 e. The Kier molecular flexibility index (Phi) is 3.90. The van der Waals surface area contributed by atoms with Gasteiger partial charge in [-0.15, -0.1) is 11.3 Å². The van der Waals surface area contributed by atoms with E-state index >= 15 is 0 Å². The summed E-state index contributed by atoms with van der Waals surface area (Å²) in [7, 11) is 0. The molecule has 2 aromatic carbocycles. The van der Waals surface area contributed by atoms with Crippen LogP contribution in [0.15, 0.2) is 42.6 Å². The van der Waals surface area contributed by atoms with Gasteiger partial charge in [0.1, 0.15) is 12.4 Å². The second kappa shape index (κ2) is 5.84. The maximum atomic E-state index is 6.10. The topological polar surface area (TPSA) is 48.1 Å². The molecule has 0 spiro atoms. The van der Waals surface area contributed by atoms with Crippen molar-refractivity contribution in [2.75, 3.05) is 0 Å². The molecule has 0 aliphatic rings. The Bertz CT molecular complexity index is 764. The molecule has 3 nitrogen and oxygen atoms in total. The molecular formula is C17H18N2OS. The van der Waals surface area contributed by atoms with E-state index in [0.29, 0.717) is 6.61 Å². The second-order valence-electron chi connectivity index (χ2n) is 5.13. The zero-order valence-corrected chi connectivity index (χ0v) is 13.0. The Morgan fingerprint density at radius 1 is 1.24 bits per heavy atom. The summed E-state index contributed by atoms with van der Waals surface area (Å²) in [5, 5.41) is 3.32. The first-order valence-corrected chi connectivity index (χ1v) is 7.78. The molecule has 1 unspecified atom stereocenters. The molecule has 1 atom stereocenters. The highest BCUT2D eigenvalue weighted by molar-refractivity contribution is 7.11. The second-order valence-corrected chi connectivity index (χ2v) is 6.45. The molecule has 0 saturated carbocycles. The fraction of sp³-hybridized carbons (Fsp3) is 0.235. The van der Waals surface area contributed by atoms with Gasteiger partial charge in [0.05, 0.1) is 9.88 Å². The van der Waals surface area contributed by atoms with Gasteiger partial charge in [-0.3, -0.25) is 0 Å². The van der Waals surface area contributed by atoms with Crippen LogP contribution in [-0.2, 0) is 6.61 Å². The number of rotatable bonds is 4. The van der Waals surface area contributed by atoms with Crippen molar-refractivity contribution in [1.29, 1.82) is 0 Å². The van der Waals surface area contributed by atoms with E-state index in [1.165, 1.54) is 0 Å². The zero-order chi connectivity index (χ0) is 14.8. The van der Waals surface area contributed by atoms with E-state index in [1.54, 1.807) is 11.3 Å². The number of ether oxygens (including phenoxy) is 1. The number of aryl methyl sites for hydroxylation is 1. The minimum absolute atomic E-state index is 0.0622. The van der Waals surface area contributed by atoms with Gasteiger partial charge < -0.3 is 10.5 Å². The summed E-state index contributed by atoms with van der Waals surface area (Å²) in [6.07, 6.45) is 1.87. The minimum Gasteiger partial charge on any atom is -0.487 e. The standard InChI is InChI=1S/C17H18N2OS/c1-11(18)15-8-7-13-5-3-4-6-16(13)17(15)20-10-14-9-19-12(2)21-14/h3-9,11H,10,18H2,1-2H3. The highest BCUT2D eigenvalue weighted by Crippen LogP contribution is 2.33. The van der Waals surface area contributed by atoms with Crippen molar-refractivity contribution in [2.45, 2.75) is 26.5 Å². The monoisotopic (exact) mass is 298 g/mol. The lowest BCUT2D eigenvalue weighted by Crippen LogP contribution is -2.08. The third-order valence-corrected chi connectivity index (χ3v) is 4.31. The van der Waals surface area contributed by atoms with Crippen molar-refractivity contribution in [3.63, 3.8) is 0 Å². The van der Waals surface area contributed by atoms with Crippen molar-refractivity contribution >= 4 is 22.1 Å². The maximum absolute atomic E-state index is 6.10. The average molecular weight is 298 g/mol. The van der Waals surface area contributed by atoms with Gasteiger partial charge in [-0.1, -0.05) is 36.4 Å². The minimum atomic E-state index is -0.0622. The van der Waals surface area contributed by atoms with Gasteiger partial charge in [0.15, 0.2) is 0 Å². The summed E-state index contributed by atoms with van der Waals surface area (Å²) >= 11 is 1.66. The summed E-state index contributed by atoms with van der Waals surface area (Å²) in [6, 6.07) is 12.3. The van der Waals surface area contributed by atoms with Crippen LogP contribution in [0.4, 0.5) is 0 Å². The molecule has 0 fully saturated rings. The van der Waals surface area contributed by atoms with Crippen LogP contribution < -0.4 is 10.5 Å². The van der Waals surface area contributed by atoms with Crippen LogP contribution in [0.2, 0.25) is 0 Å². The van der Waals surface area contributed by atoms with Crippen molar-refractivity contribution in [3.05, 3.63) is 58.0 Å². The van der Waals surface area contributed by atoms with Gasteiger partial charge >= 0.3 is 0 Å². The molecule has 3 rings (SSSR count). The Labute approximate surface area is 128 Å². The summed E-state index contributed by atoms with van der Waals surface area (Å²) in [6.45, 7) is 4.51. The molecule has 0 amide bonds. The Balaban J connectivity index is 1.99. The fourth-order valence-electron chi connectivity index (χ4n) is 2.39. The highest BCUT2D eigenvalue weighted by Gasteiger charge is 2.12. The zero-order valence-electron chi connectivity index (χ0n) is 12.2. The van der Waals surface area contributed by atoms with Gasteiger partial charge in [-0.05, 0) is 19.2 Å². The highest BCUT2D eigenvalue weighted by atomic mass is 32.1. The number of benzene rings is 2. The van der Waals surface area contributed by atoms with Crippen molar-refractivity contribution in [3.8, 4) is 5.75 Å². The van der Waals surface area contributed by atoms with Crippen molar-refractivity contribution in [1.82, 2.24) is 4.98 Å². The molecule has 0 saturated heterocycles. The van der Waals surface area contributed by atoms with Gasteiger partial charge in [-0.2, -0.15) is 0 Å². The summed E-state index contributed by atoms with van der Waals surface area (Å²) < 4.78 is 6.10. The van der Waals surface area contributed by atoms with Gasteiger partial charge in [0, 0.05) is 23.2 Å². The molecule has 1 heterocycles. The molecule has 0 radical (unpaired) electrons. The lowest BCUT2D eigenvalue weighted by Gasteiger charge is -2.16. The number of hydrogen-bond donors (Lipinski definition) is 1. The van der Waals surface area contributed by atoms with Crippen LogP contribution in [0.1, 0.15) is 28.4 Å². The number of nitrogens with two attached hydrogens (primary N) is 1.